The van der Waals surface area contributed by atoms with Gasteiger partial charge in [0.05, 0.1) is 30.3 Å². The third-order valence-corrected chi connectivity index (χ3v) is 2.74. The minimum atomic E-state index is -1.30. The van der Waals surface area contributed by atoms with E-state index in [0.717, 1.165) is 17.0 Å². The largest absolute Gasteiger partial charge is 0.481 e. The van der Waals surface area contributed by atoms with E-state index < -0.39 is 36.0 Å². The van der Waals surface area contributed by atoms with E-state index in [0.29, 0.717) is 0 Å². The van der Waals surface area contributed by atoms with E-state index in [1.165, 1.54) is 6.07 Å². The average molecular weight is 267 g/mol. The van der Waals surface area contributed by atoms with Crippen LogP contribution in [0.5, 0.6) is 0 Å². The number of carboxylic acid groups (broad SMARTS) is 1. The second kappa shape index (κ2) is 4.77. The molecule has 1 amide bonds. The summed E-state index contributed by atoms with van der Waals surface area (Å²) in [6, 6.07) is 3.28. The fourth-order valence-electron chi connectivity index (χ4n) is 1.93. The van der Waals surface area contributed by atoms with Crippen molar-refractivity contribution in [1.29, 1.82) is 0 Å². The van der Waals surface area contributed by atoms with Gasteiger partial charge in [-0.1, -0.05) is 0 Å². The number of aliphatic hydroxyl groups is 1. The molecule has 1 aromatic carbocycles. The zero-order valence-corrected chi connectivity index (χ0v) is 9.67. The fourth-order valence-corrected chi connectivity index (χ4v) is 1.93. The number of aliphatic carboxylic acids is 1. The molecule has 1 aliphatic rings. The first-order valence-electron chi connectivity index (χ1n) is 5.45. The highest BCUT2D eigenvalue weighted by atomic mass is 19.1. The predicted molar refractivity (Wildman–Crippen MR) is 61.3 cm³/mol. The first-order valence-corrected chi connectivity index (χ1v) is 5.45. The van der Waals surface area contributed by atoms with E-state index in [1.807, 2.05) is 0 Å². The highest BCUT2D eigenvalue weighted by Crippen LogP contribution is 2.29. The molecule has 2 N–H and O–H groups in total. The number of hydrogen-bond acceptors (Lipinski definition) is 4. The molecule has 0 bridgehead atoms. The zero-order chi connectivity index (χ0) is 14.2. The number of rotatable bonds is 4. The first kappa shape index (κ1) is 13.2. The van der Waals surface area contributed by atoms with Gasteiger partial charge in [0, 0.05) is 0 Å². The number of benzene rings is 1. The first-order chi connectivity index (χ1) is 8.90. The highest BCUT2D eigenvalue weighted by molar-refractivity contribution is 6.52. The van der Waals surface area contributed by atoms with Crippen LogP contribution in [-0.2, 0) is 9.59 Å². The Hall–Kier alpha value is -2.28. The molecule has 0 radical (unpaired) electrons. The number of halogens is 1. The van der Waals surface area contributed by atoms with Crippen LogP contribution in [0.25, 0.3) is 0 Å². The van der Waals surface area contributed by atoms with E-state index >= 15 is 0 Å². The molecule has 0 saturated carbocycles. The van der Waals surface area contributed by atoms with Gasteiger partial charge in [-0.15, -0.1) is 0 Å². The lowest BCUT2D eigenvalue weighted by Gasteiger charge is -2.19. The maximum atomic E-state index is 13.0. The van der Waals surface area contributed by atoms with Crippen molar-refractivity contribution in [2.75, 3.05) is 11.4 Å². The number of Topliss-reactive ketones (excluding diaryl/α,β-unsaturated/α-hetero) is 1. The molecule has 0 saturated heterocycles. The molecule has 100 valence electrons. The van der Waals surface area contributed by atoms with E-state index in [-0.39, 0.29) is 17.8 Å². The number of β-amino-alcohol motifs (C(OH)–C–C–N with tert-alkyl or cyclic N) is 1. The van der Waals surface area contributed by atoms with Gasteiger partial charge in [-0.25, -0.2) is 4.39 Å². The van der Waals surface area contributed by atoms with E-state index in [2.05, 4.69) is 0 Å². The number of carboxylic acids is 1. The average Bonchev–Trinajstić information content (AvgIpc) is 2.53. The van der Waals surface area contributed by atoms with Crippen LogP contribution in [0, 0.1) is 5.82 Å². The molecule has 7 heteroatoms. The van der Waals surface area contributed by atoms with Gasteiger partial charge in [0.25, 0.3) is 11.7 Å². The Morgan fingerprint density at radius 2 is 2.05 bits per heavy atom. The van der Waals surface area contributed by atoms with Crippen molar-refractivity contribution >= 4 is 23.3 Å². The van der Waals surface area contributed by atoms with Crippen LogP contribution in [0.1, 0.15) is 16.8 Å². The lowest BCUT2D eigenvalue weighted by atomic mass is 10.1. The van der Waals surface area contributed by atoms with Crippen LogP contribution in [0.3, 0.4) is 0 Å². The topological polar surface area (TPSA) is 94.9 Å². The molecule has 6 nitrogen and oxygen atoms in total. The molecule has 1 aliphatic heterocycles. The summed E-state index contributed by atoms with van der Waals surface area (Å²) in [7, 11) is 0. The lowest BCUT2D eigenvalue weighted by molar-refractivity contribution is -0.139. The van der Waals surface area contributed by atoms with Gasteiger partial charge in [-0.2, -0.15) is 0 Å². The van der Waals surface area contributed by atoms with Crippen molar-refractivity contribution in [3.05, 3.63) is 29.6 Å². The van der Waals surface area contributed by atoms with Crippen molar-refractivity contribution in [3.8, 4) is 0 Å². The van der Waals surface area contributed by atoms with Gasteiger partial charge in [0.15, 0.2) is 0 Å². The minimum absolute atomic E-state index is 0.0764. The number of aliphatic hydroxyl groups excluding tert-OH is 1. The molecule has 1 unspecified atom stereocenters. The normalized spacial score (nSPS) is 15.6. The maximum Gasteiger partial charge on any atom is 0.306 e. The molecule has 0 aliphatic carbocycles. The van der Waals surface area contributed by atoms with E-state index in [9.17, 15) is 23.9 Å². The van der Waals surface area contributed by atoms with Gasteiger partial charge in [-0.3, -0.25) is 14.4 Å². The standard InChI is InChI=1S/C12H10FNO5/c13-6-1-2-9-8(3-6)11(18)12(19)14(9)5-7(15)4-10(16)17/h1-3,7,15H,4-5H2,(H,16,17). The molecule has 1 atom stereocenters. The Morgan fingerprint density at radius 3 is 2.68 bits per heavy atom. The molecule has 1 heterocycles. The number of hydrogen-bond donors (Lipinski definition) is 2. The lowest BCUT2D eigenvalue weighted by Crippen LogP contribution is -2.37. The third kappa shape index (κ3) is 2.45. The summed E-state index contributed by atoms with van der Waals surface area (Å²) in [6.07, 6.45) is -1.85. The van der Waals surface area contributed by atoms with Crippen LogP contribution >= 0.6 is 0 Å². The third-order valence-electron chi connectivity index (χ3n) is 2.74. The number of anilines is 1. The Kier molecular flexibility index (Phi) is 3.30. The van der Waals surface area contributed by atoms with Crippen LogP contribution in [-0.4, -0.2) is 40.5 Å². The van der Waals surface area contributed by atoms with Crippen LogP contribution in [0.15, 0.2) is 18.2 Å². The van der Waals surface area contributed by atoms with Crippen molar-refractivity contribution in [2.45, 2.75) is 12.5 Å². The Morgan fingerprint density at radius 1 is 1.37 bits per heavy atom. The monoisotopic (exact) mass is 267 g/mol. The number of carbonyl (C=O) groups excluding carboxylic acids is 2. The van der Waals surface area contributed by atoms with Crippen molar-refractivity contribution < 1.29 is 29.0 Å². The quantitative estimate of drug-likeness (QED) is 0.759. The summed E-state index contributed by atoms with van der Waals surface area (Å²) >= 11 is 0. The minimum Gasteiger partial charge on any atom is -0.481 e. The van der Waals surface area contributed by atoms with Crippen molar-refractivity contribution in [2.24, 2.45) is 0 Å². The molecule has 2 rings (SSSR count). The summed E-state index contributed by atoms with van der Waals surface area (Å²) in [5.41, 5.74) is 0.105. The zero-order valence-electron chi connectivity index (χ0n) is 9.67. The molecule has 19 heavy (non-hydrogen) atoms. The highest BCUT2D eigenvalue weighted by Gasteiger charge is 2.37. The summed E-state index contributed by atoms with van der Waals surface area (Å²) in [5.74, 6) is -3.63. The van der Waals surface area contributed by atoms with Gasteiger partial charge >= 0.3 is 5.97 Å². The number of amides is 1. The van der Waals surface area contributed by atoms with Gasteiger partial charge in [0.1, 0.15) is 5.82 Å². The summed E-state index contributed by atoms with van der Waals surface area (Å²) in [5, 5.41) is 18.0. The molecule has 0 spiro atoms. The van der Waals surface area contributed by atoms with E-state index in [4.69, 9.17) is 5.11 Å². The number of fused-ring (bicyclic) bond motifs is 1. The second-order valence-electron chi connectivity index (χ2n) is 4.16. The van der Waals surface area contributed by atoms with Gasteiger partial charge < -0.3 is 15.1 Å². The summed E-state index contributed by atoms with van der Waals surface area (Å²) in [4.78, 5) is 34.7. The molecule has 0 aromatic heterocycles. The number of nitrogens with zero attached hydrogens (tertiary/aromatic N) is 1. The molecule has 0 fully saturated rings. The van der Waals surface area contributed by atoms with Gasteiger partial charge in [-0.05, 0) is 18.2 Å². The fraction of sp³-hybridized carbons (Fsp3) is 0.250. The Bertz CT molecular complexity index is 571. The van der Waals surface area contributed by atoms with Crippen LogP contribution < -0.4 is 4.90 Å². The van der Waals surface area contributed by atoms with E-state index in [1.54, 1.807) is 0 Å². The van der Waals surface area contributed by atoms with Crippen molar-refractivity contribution in [1.82, 2.24) is 0 Å². The number of carbonyl (C=O) groups is 3. The Labute approximate surface area is 107 Å². The molecular formula is C12H10FNO5. The predicted octanol–water partition coefficient (Wildman–Crippen LogP) is 0.191. The van der Waals surface area contributed by atoms with Crippen LogP contribution in [0.2, 0.25) is 0 Å². The summed E-state index contributed by atoms with van der Waals surface area (Å²) < 4.78 is 13.0. The van der Waals surface area contributed by atoms with Crippen LogP contribution in [0.4, 0.5) is 10.1 Å². The Balaban J connectivity index is 2.26. The summed E-state index contributed by atoms with van der Waals surface area (Å²) in [6.45, 7) is -0.324. The van der Waals surface area contributed by atoms with Crippen molar-refractivity contribution in [3.63, 3.8) is 0 Å². The smallest absolute Gasteiger partial charge is 0.306 e. The van der Waals surface area contributed by atoms with Gasteiger partial charge in [0.2, 0.25) is 0 Å². The second-order valence-corrected chi connectivity index (χ2v) is 4.16. The number of ketones is 1. The molecular weight excluding hydrogens is 257 g/mol. The SMILES string of the molecule is O=C(O)CC(O)CN1C(=O)C(=O)c2cc(F)ccc21. The molecule has 1 aromatic rings. The maximum absolute atomic E-state index is 13.0.